The molecule has 2 fully saturated rings. The van der Waals surface area contributed by atoms with Crippen molar-refractivity contribution in [1.29, 1.82) is 0 Å². The first-order valence-corrected chi connectivity index (χ1v) is 9.35. The van der Waals surface area contributed by atoms with E-state index in [2.05, 4.69) is 4.90 Å². The van der Waals surface area contributed by atoms with Crippen LogP contribution in [0.15, 0.2) is 30.3 Å². The molecule has 1 aromatic carbocycles. The van der Waals surface area contributed by atoms with Crippen LogP contribution in [0.1, 0.15) is 56.4 Å². The number of piperidine rings is 1. The highest BCUT2D eigenvalue weighted by atomic mass is 16.5. The Labute approximate surface area is 144 Å². The number of hydrogen-bond donors (Lipinski definition) is 1. The van der Waals surface area contributed by atoms with Crippen LogP contribution < -0.4 is 0 Å². The number of esters is 1. The SMILES string of the molecule is O=C(OCCN1CCCCC1)[C@H](c1ccccc1)C1(O)CCCC1. The quantitative estimate of drug-likeness (QED) is 0.814. The Balaban J connectivity index is 1.63. The van der Waals surface area contributed by atoms with Crippen LogP contribution in [0.4, 0.5) is 0 Å². The van der Waals surface area contributed by atoms with Crippen LogP contribution in [0.5, 0.6) is 0 Å². The van der Waals surface area contributed by atoms with Gasteiger partial charge in [-0.25, -0.2) is 0 Å². The van der Waals surface area contributed by atoms with Gasteiger partial charge < -0.3 is 9.84 Å². The molecule has 4 heteroatoms. The largest absolute Gasteiger partial charge is 0.464 e. The molecular weight excluding hydrogens is 302 g/mol. The lowest BCUT2D eigenvalue weighted by Gasteiger charge is -2.32. The number of ether oxygens (including phenoxy) is 1. The number of carbonyl (C=O) groups is 1. The van der Waals surface area contributed by atoms with Crippen molar-refractivity contribution < 1.29 is 14.6 Å². The van der Waals surface area contributed by atoms with Gasteiger partial charge in [0.1, 0.15) is 12.5 Å². The van der Waals surface area contributed by atoms with E-state index in [1.807, 2.05) is 30.3 Å². The number of nitrogens with zero attached hydrogens (tertiary/aromatic N) is 1. The van der Waals surface area contributed by atoms with E-state index in [1.165, 1.54) is 19.3 Å². The van der Waals surface area contributed by atoms with Gasteiger partial charge >= 0.3 is 5.97 Å². The maximum absolute atomic E-state index is 12.8. The summed E-state index contributed by atoms with van der Waals surface area (Å²) in [4.78, 5) is 15.1. The van der Waals surface area contributed by atoms with Gasteiger partial charge in [-0.2, -0.15) is 0 Å². The molecule has 3 rings (SSSR count). The highest BCUT2D eigenvalue weighted by Gasteiger charge is 2.45. The molecule has 1 N–H and O–H groups in total. The molecule has 1 saturated heterocycles. The number of likely N-dealkylation sites (tertiary alicyclic amines) is 1. The minimum Gasteiger partial charge on any atom is -0.464 e. The highest BCUT2D eigenvalue weighted by molar-refractivity contribution is 5.80. The van der Waals surface area contributed by atoms with E-state index in [0.717, 1.165) is 38.0 Å². The highest BCUT2D eigenvalue weighted by Crippen LogP contribution is 2.42. The van der Waals surface area contributed by atoms with E-state index < -0.39 is 11.5 Å². The summed E-state index contributed by atoms with van der Waals surface area (Å²) in [5, 5.41) is 11.0. The molecule has 0 radical (unpaired) electrons. The van der Waals surface area contributed by atoms with Gasteiger partial charge in [-0.05, 0) is 44.3 Å². The van der Waals surface area contributed by atoms with Gasteiger partial charge in [0.15, 0.2) is 0 Å². The lowest BCUT2D eigenvalue weighted by atomic mass is 9.81. The summed E-state index contributed by atoms with van der Waals surface area (Å²) < 4.78 is 5.60. The number of carbonyl (C=O) groups excluding carboxylic acids is 1. The standard InChI is InChI=1S/C20H29NO3/c22-19(24-16-15-21-13-7-2-8-14-21)18(17-9-3-1-4-10-17)20(23)11-5-6-12-20/h1,3-4,9-10,18,23H,2,5-8,11-16H2/t18-/m0/s1. The van der Waals surface area contributed by atoms with E-state index in [9.17, 15) is 9.90 Å². The van der Waals surface area contributed by atoms with E-state index in [0.29, 0.717) is 19.4 Å². The van der Waals surface area contributed by atoms with Crippen molar-refractivity contribution in [3.05, 3.63) is 35.9 Å². The maximum atomic E-state index is 12.8. The van der Waals surface area contributed by atoms with Crippen molar-refractivity contribution in [3.8, 4) is 0 Å². The minimum atomic E-state index is -0.955. The van der Waals surface area contributed by atoms with Crippen molar-refractivity contribution in [3.63, 3.8) is 0 Å². The minimum absolute atomic E-state index is 0.275. The first-order valence-electron chi connectivity index (χ1n) is 9.35. The van der Waals surface area contributed by atoms with Crippen LogP contribution in [0.25, 0.3) is 0 Å². The van der Waals surface area contributed by atoms with Crippen LogP contribution in [-0.2, 0) is 9.53 Å². The van der Waals surface area contributed by atoms with Gasteiger partial charge in [0, 0.05) is 6.54 Å². The molecule has 0 aromatic heterocycles. The van der Waals surface area contributed by atoms with Gasteiger partial charge in [0.25, 0.3) is 0 Å². The molecule has 1 atom stereocenters. The first-order chi connectivity index (χ1) is 11.7. The Morgan fingerprint density at radius 3 is 2.42 bits per heavy atom. The molecule has 24 heavy (non-hydrogen) atoms. The molecule has 2 aliphatic rings. The molecule has 1 heterocycles. The summed E-state index contributed by atoms with van der Waals surface area (Å²) in [5.41, 5.74) is -0.0892. The van der Waals surface area contributed by atoms with Crippen molar-refractivity contribution in [2.24, 2.45) is 0 Å². The third kappa shape index (κ3) is 4.17. The predicted octanol–water partition coefficient (Wildman–Crippen LogP) is 3.10. The summed E-state index contributed by atoms with van der Waals surface area (Å²) in [6.45, 7) is 3.41. The first kappa shape index (κ1) is 17.4. The third-order valence-corrected chi connectivity index (χ3v) is 5.48. The van der Waals surface area contributed by atoms with Crippen molar-refractivity contribution in [2.75, 3.05) is 26.2 Å². The second kappa shape index (κ2) is 8.13. The van der Waals surface area contributed by atoms with E-state index in [1.54, 1.807) is 0 Å². The Kier molecular flexibility index (Phi) is 5.90. The molecule has 4 nitrogen and oxygen atoms in total. The molecule has 0 amide bonds. The second-order valence-corrected chi connectivity index (χ2v) is 7.22. The van der Waals surface area contributed by atoms with Gasteiger partial charge in [-0.1, -0.05) is 49.6 Å². The Hall–Kier alpha value is -1.39. The Morgan fingerprint density at radius 1 is 1.08 bits per heavy atom. The molecule has 1 saturated carbocycles. The lowest BCUT2D eigenvalue weighted by molar-refractivity contribution is -0.153. The summed E-state index contributed by atoms with van der Waals surface area (Å²) in [7, 11) is 0. The third-order valence-electron chi connectivity index (χ3n) is 5.48. The van der Waals surface area contributed by atoms with Crippen LogP contribution >= 0.6 is 0 Å². The lowest BCUT2D eigenvalue weighted by Crippen LogP contribution is -2.40. The zero-order valence-corrected chi connectivity index (χ0v) is 14.5. The summed E-state index contributed by atoms with van der Waals surface area (Å²) in [6.07, 6.45) is 7.07. The fourth-order valence-electron chi connectivity index (χ4n) is 4.13. The van der Waals surface area contributed by atoms with Gasteiger partial charge in [0.05, 0.1) is 5.60 Å². The average molecular weight is 331 g/mol. The zero-order valence-electron chi connectivity index (χ0n) is 14.5. The normalized spacial score (nSPS) is 22.2. The predicted molar refractivity (Wildman–Crippen MR) is 93.9 cm³/mol. The van der Waals surface area contributed by atoms with Crippen LogP contribution in [0.2, 0.25) is 0 Å². The fourth-order valence-corrected chi connectivity index (χ4v) is 4.13. The average Bonchev–Trinajstić information content (AvgIpc) is 3.04. The number of rotatable bonds is 6. The van der Waals surface area contributed by atoms with Gasteiger partial charge in [-0.3, -0.25) is 9.69 Å². The summed E-state index contributed by atoms with van der Waals surface area (Å²) in [6, 6.07) is 9.62. The zero-order chi connectivity index (χ0) is 16.8. The van der Waals surface area contributed by atoms with Gasteiger partial charge in [0.2, 0.25) is 0 Å². The smallest absolute Gasteiger partial charge is 0.316 e. The Bertz CT molecular complexity index is 519. The van der Waals surface area contributed by atoms with Crippen molar-refractivity contribution in [2.45, 2.75) is 56.5 Å². The topological polar surface area (TPSA) is 49.8 Å². The molecular formula is C20H29NO3. The van der Waals surface area contributed by atoms with Crippen molar-refractivity contribution >= 4 is 5.97 Å². The fraction of sp³-hybridized carbons (Fsp3) is 0.650. The molecule has 1 aliphatic heterocycles. The van der Waals surface area contributed by atoms with Crippen LogP contribution in [0, 0.1) is 0 Å². The maximum Gasteiger partial charge on any atom is 0.316 e. The van der Waals surface area contributed by atoms with Crippen LogP contribution in [-0.4, -0.2) is 47.8 Å². The molecule has 0 bridgehead atoms. The number of hydrogen-bond acceptors (Lipinski definition) is 4. The van der Waals surface area contributed by atoms with Gasteiger partial charge in [-0.15, -0.1) is 0 Å². The molecule has 0 unspecified atom stereocenters. The summed E-state index contributed by atoms with van der Waals surface area (Å²) in [5.74, 6) is -0.842. The van der Waals surface area contributed by atoms with E-state index in [-0.39, 0.29) is 5.97 Å². The van der Waals surface area contributed by atoms with E-state index in [4.69, 9.17) is 4.74 Å². The number of aliphatic hydroxyl groups is 1. The molecule has 0 spiro atoms. The molecule has 132 valence electrons. The van der Waals surface area contributed by atoms with Crippen molar-refractivity contribution in [1.82, 2.24) is 4.90 Å². The Morgan fingerprint density at radius 2 is 1.75 bits per heavy atom. The van der Waals surface area contributed by atoms with Crippen LogP contribution in [0.3, 0.4) is 0 Å². The summed E-state index contributed by atoms with van der Waals surface area (Å²) >= 11 is 0. The van der Waals surface area contributed by atoms with E-state index >= 15 is 0 Å². The number of benzene rings is 1. The molecule has 1 aliphatic carbocycles. The second-order valence-electron chi connectivity index (χ2n) is 7.22. The molecule has 1 aromatic rings. The monoisotopic (exact) mass is 331 g/mol.